The fourth-order valence-electron chi connectivity index (χ4n) is 3.05. The maximum absolute atomic E-state index is 12.4. The average molecular weight is 327 g/mol. The van der Waals surface area contributed by atoms with Crippen molar-refractivity contribution in [2.24, 2.45) is 0 Å². The van der Waals surface area contributed by atoms with Crippen LogP contribution in [0.1, 0.15) is 0 Å². The van der Waals surface area contributed by atoms with Gasteiger partial charge in [-0.3, -0.25) is 4.79 Å². The zero-order valence-corrected chi connectivity index (χ0v) is 13.1. The van der Waals surface area contributed by atoms with Crippen LogP contribution in [0.15, 0.2) is 75.9 Å². The van der Waals surface area contributed by atoms with Crippen LogP contribution >= 0.6 is 0 Å². The second-order valence-corrected chi connectivity index (χ2v) is 5.87. The van der Waals surface area contributed by atoms with Gasteiger partial charge in [0, 0.05) is 22.5 Å². The minimum Gasteiger partial charge on any atom is -0.456 e. The van der Waals surface area contributed by atoms with Crippen LogP contribution in [-0.2, 0) is 0 Å². The molecule has 0 atom stereocenters. The Balaban J connectivity index is 1.72. The normalized spacial score (nSPS) is 11.4. The number of nitrogens with zero attached hydrogens (tertiary/aromatic N) is 1. The summed E-state index contributed by atoms with van der Waals surface area (Å²) in [5.74, 6) is 0.258. The molecule has 0 spiro atoms. The van der Waals surface area contributed by atoms with Gasteiger partial charge in [0.05, 0.1) is 11.0 Å². The third-order valence-corrected chi connectivity index (χ3v) is 4.23. The van der Waals surface area contributed by atoms with Gasteiger partial charge in [-0.25, -0.2) is 4.98 Å². The molecule has 0 aliphatic rings. The van der Waals surface area contributed by atoms with Crippen molar-refractivity contribution in [2.75, 3.05) is 5.32 Å². The summed E-state index contributed by atoms with van der Waals surface area (Å²) in [6, 6.07) is 21.1. The smallest absolute Gasteiger partial charge is 0.291 e. The molecule has 0 aliphatic heterocycles. The van der Waals surface area contributed by atoms with E-state index in [0.29, 0.717) is 11.0 Å². The summed E-state index contributed by atoms with van der Waals surface area (Å²) in [6.07, 6.45) is 0. The summed E-state index contributed by atoms with van der Waals surface area (Å²) in [5, 5.41) is 5.04. The number of hydrogen-bond donors (Lipinski definition) is 2. The van der Waals surface area contributed by atoms with E-state index in [-0.39, 0.29) is 11.4 Å². The molecule has 3 aromatic carbocycles. The Hall–Kier alpha value is -3.60. The summed E-state index contributed by atoms with van der Waals surface area (Å²) >= 11 is 0. The number of nitrogens with one attached hydrogen (secondary N) is 2. The molecule has 2 N–H and O–H groups in total. The topological polar surface area (TPSA) is 70.9 Å². The third kappa shape index (κ3) is 2.25. The molecule has 0 saturated carbocycles. The van der Waals surface area contributed by atoms with E-state index in [2.05, 4.69) is 15.3 Å². The maximum atomic E-state index is 12.4. The number of H-pyrrole nitrogens is 1. The molecule has 120 valence electrons. The summed E-state index contributed by atoms with van der Waals surface area (Å²) in [5.41, 5.74) is 3.47. The van der Waals surface area contributed by atoms with Gasteiger partial charge in [0.1, 0.15) is 11.2 Å². The van der Waals surface area contributed by atoms with Gasteiger partial charge >= 0.3 is 0 Å². The fraction of sp³-hybridized carbons (Fsp3) is 0. The predicted molar refractivity (Wildman–Crippen MR) is 99.4 cm³/mol. The van der Waals surface area contributed by atoms with Crippen molar-refractivity contribution in [3.8, 4) is 0 Å². The first-order valence-corrected chi connectivity index (χ1v) is 7.95. The summed E-state index contributed by atoms with van der Waals surface area (Å²) in [4.78, 5) is 19.7. The Labute approximate surface area is 141 Å². The number of para-hydroxylation sites is 2. The Morgan fingerprint density at radius 1 is 0.880 bits per heavy atom. The molecule has 0 amide bonds. The summed E-state index contributed by atoms with van der Waals surface area (Å²) in [6.45, 7) is 0. The Morgan fingerprint density at radius 3 is 2.56 bits per heavy atom. The van der Waals surface area contributed by atoms with E-state index in [1.807, 2.05) is 66.7 Å². The van der Waals surface area contributed by atoms with Crippen LogP contribution in [-0.4, -0.2) is 9.97 Å². The molecule has 0 radical (unpaired) electrons. The quantitative estimate of drug-likeness (QED) is 0.498. The van der Waals surface area contributed by atoms with Gasteiger partial charge in [0.15, 0.2) is 5.82 Å². The lowest BCUT2D eigenvalue weighted by atomic mass is 10.1. The number of fused-ring (bicyclic) bond motifs is 4. The highest BCUT2D eigenvalue weighted by molar-refractivity contribution is 6.08. The SMILES string of the molecule is O=c1[nH]c2cc3c(cc2nc1Nc1ccccc1)oc1ccccc13. The molecule has 5 heteroatoms. The van der Waals surface area contributed by atoms with Gasteiger partial charge in [0.25, 0.3) is 5.56 Å². The third-order valence-electron chi connectivity index (χ3n) is 4.23. The summed E-state index contributed by atoms with van der Waals surface area (Å²) < 4.78 is 5.90. The minimum absolute atomic E-state index is 0.258. The van der Waals surface area contributed by atoms with E-state index in [9.17, 15) is 4.79 Å². The Bertz CT molecular complexity index is 1290. The number of rotatable bonds is 2. The monoisotopic (exact) mass is 327 g/mol. The van der Waals surface area contributed by atoms with Gasteiger partial charge in [-0.15, -0.1) is 0 Å². The largest absolute Gasteiger partial charge is 0.456 e. The highest BCUT2D eigenvalue weighted by Crippen LogP contribution is 2.30. The second-order valence-electron chi connectivity index (χ2n) is 5.87. The second kappa shape index (κ2) is 5.21. The first-order chi connectivity index (χ1) is 12.3. The van der Waals surface area contributed by atoms with Crippen LogP contribution in [0, 0.1) is 0 Å². The number of aromatic amines is 1. The molecule has 25 heavy (non-hydrogen) atoms. The number of benzene rings is 3. The molecule has 0 unspecified atom stereocenters. The van der Waals surface area contributed by atoms with Gasteiger partial charge in [-0.05, 0) is 24.3 Å². The van der Waals surface area contributed by atoms with Gasteiger partial charge in [-0.1, -0.05) is 36.4 Å². The predicted octanol–water partition coefficient (Wildman–Crippen LogP) is 4.57. The molecule has 2 heterocycles. The van der Waals surface area contributed by atoms with Gasteiger partial charge in [0.2, 0.25) is 0 Å². The van der Waals surface area contributed by atoms with Crippen molar-refractivity contribution in [1.29, 1.82) is 0 Å². The van der Waals surface area contributed by atoms with E-state index in [1.165, 1.54) is 0 Å². The average Bonchev–Trinajstić information content (AvgIpc) is 2.99. The number of furan rings is 1. The Morgan fingerprint density at radius 2 is 1.68 bits per heavy atom. The molecule has 0 fully saturated rings. The number of aromatic nitrogens is 2. The number of hydrogen-bond acceptors (Lipinski definition) is 4. The van der Waals surface area contributed by atoms with Crippen molar-refractivity contribution in [3.05, 3.63) is 77.1 Å². The first kappa shape index (κ1) is 13.8. The molecule has 5 nitrogen and oxygen atoms in total. The molecule has 0 saturated heterocycles. The standard InChI is InChI=1S/C20H13N3O2/c24-20-19(21-12-6-2-1-3-7-12)22-16-11-18-14(10-15(16)23-20)13-8-4-5-9-17(13)25-18/h1-11H,(H,21,22)(H,23,24). The lowest BCUT2D eigenvalue weighted by Gasteiger charge is -2.05. The van der Waals surface area contributed by atoms with Gasteiger partial charge in [-0.2, -0.15) is 0 Å². The van der Waals surface area contributed by atoms with E-state index >= 15 is 0 Å². The maximum Gasteiger partial charge on any atom is 0.291 e. The van der Waals surface area contributed by atoms with Crippen molar-refractivity contribution in [1.82, 2.24) is 9.97 Å². The van der Waals surface area contributed by atoms with Crippen molar-refractivity contribution < 1.29 is 4.42 Å². The van der Waals surface area contributed by atoms with E-state index in [0.717, 1.165) is 27.6 Å². The lowest BCUT2D eigenvalue weighted by molar-refractivity contribution is 0.669. The van der Waals surface area contributed by atoms with E-state index < -0.39 is 0 Å². The van der Waals surface area contributed by atoms with Crippen molar-refractivity contribution >= 4 is 44.5 Å². The zero-order chi connectivity index (χ0) is 16.8. The van der Waals surface area contributed by atoms with Crippen LogP contribution in [0.3, 0.4) is 0 Å². The van der Waals surface area contributed by atoms with Crippen LogP contribution in [0.4, 0.5) is 11.5 Å². The summed E-state index contributed by atoms with van der Waals surface area (Å²) in [7, 11) is 0. The van der Waals surface area contributed by atoms with E-state index in [1.54, 1.807) is 0 Å². The molecular formula is C20H13N3O2. The molecule has 0 aliphatic carbocycles. The highest BCUT2D eigenvalue weighted by atomic mass is 16.3. The van der Waals surface area contributed by atoms with Crippen LogP contribution in [0.5, 0.6) is 0 Å². The van der Waals surface area contributed by atoms with Crippen LogP contribution in [0.25, 0.3) is 33.0 Å². The minimum atomic E-state index is -0.261. The first-order valence-electron chi connectivity index (χ1n) is 7.95. The molecule has 0 bridgehead atoms. The Kier molecular flexibility index (Phi) is 2.87. The fourth-order valence-corrected chi connectivity index (χ4v) is 3.05. The molecule has 5 rings (SSSR count). The molecular weight excluding hydrogens is 314 g/mol. The molecule has 5 aromatic rings. The van der Waals surface area contributed by atoms with Crippen molar-refractivity contribution in [2.45, 2.75) is 0 Å². The van der Waals surface area contributed by atoms with Crippen LogP contribution in [0.2, 0.25) is 0 Å². The highest BCUT2D eigenvalue weighted by Gasteiger charge is 2.11. The van der Waals surface area contributed by atoms with Crippen LogP contribution < -0.4 is 10.9 Å². The zero-order valence-electron chi connectivity index (χ0n) is 13.1. The lowest BCUT2D eigenvalue weighted by Crippen LogP contribution is -2.13. The van der Waals surface area contributed by atoms with E-state index in [4.69, 9.17) is 4.42 Å². The molecule has 2 aromatic heterocycles. The van der Waals surface area contributed by atoms with Gasteiger partial charge < -0.3 is 14.7 Å². The van der Waals surface area contributed by atoms with Crippen molar-refractivity contribution in [3.63, 3.8) is 0 Å². The number of anilines is 2.